The molecule has 8 atom stereocenters. The molecule has 0 aromatic rings. The molecule has 0 radical (unpaired) electrons. The molecule has 336 valence electrons. The topological polar surface area (TPSA) is 149 Å². The third kappa shape index (κ3) is 28.7. The predicted molar refractivity (Wildman–Crippen MR) is 235 cm³/mol. The Kier molecular flexibility index (Phi) is 35.5. The summed E-state index contributed by atoms with van der Waals surface area (Å²) in [5, 5.41) is 54.2. The molecule has 0 aromatic heterocycles. The second-order valence-corrected chi connectivity index (χ2v) is 17.1. The van der Waals surface area contributed by atoms with Crippen molar-refractivity contribution < 1.29 is 39.8 Å². The molecule has 1 rings (SSSR count). The number of carbonyl (C=O) groups is 1. The highest BCUT2D eigenvalue weighted by Gasteiger charge is 2.44. The van der Waals surface area contributed by atoms with Crippen LogP contribution in [-0.4, -0.2) is 87.5 Å². The number of rotatable bonds is 39. The van der Waals surface area contributed by atoms with E-state index in [0.29, 0.717) is 6.42 Å². The van der Waals surface area contributed by atoms with Crippen LogP contribution < -0.4 is 5.32 Å². The Labute approximate surface area is 349 Å². The minimum absolute atomic E-state index is 0.178. The first-order valence-electron chi connectivity index (χ1n) is 24.0. The van der Waals surface area contributed by atoms with Crippen molar-refractivity contribution >= 4 is 5.91 Å². The van der Waals surface area contributed by atoms with E-state index >= 15 is 0 Å². The Morgan fingerprint density at radius 3 is 1.63 bits per heavy atom. The highest BCUT2D eigenvalue weighted by atomic mass is 16.7. The van der Waals surface area contributed by atoms with Gasteiger partial charge in [0.25, 0.3) is 0 Å². The Balaban J connectivity index is 2.30. The van der Waals surface area contributed by atoms with Crippen molar-refractivity contribution in [1.29, 1.82) is 0 Å². The number of aliphatic hydroxyl groups excluding tert-OH is 5. The lowest BCUT2D eigenvalue weighted by Gasteiger charge is -2.40. The lowest BCUT2D eigenvalue weighted by Crippen LogP contribution is -2.60. The molecule has 0 spiro atoms. The van der Waals surface area contributed by atoms with Gasteiger partial charge in [-0.2, -0.15) is 0 Å². The summed E-state index contributed by atoms with van der Waals surface area (Å²) >= 11 is 0. The summed E-state index contributed by atoms with van der Waals surface area (Å²) < 4.78 is 11.2. The van der Waals surface area contributed by atoms with Crippen molar-refractivity contribution in [2.75, 3.05) is 13.2 Å². The summed E-state index contributed by atoms with van der Waals surface area (Å²) in [4.78, 5) is 13.0. The molecule has 1 saturated heterocycles. The Hall–Kier alpha value is -1.33. The van der Waals surface area contributed by atoms with Gasteiger partial charge in [-0.1, -0.05) is 186 Å². The monoisotopic (exact) mass is 810 g/mol. The van der Waals surface area contributed by atoms with Crippen molar-refractivity contribution in [1.82, 2.24) is 5.32 Å². The lowest BCUT2D eigenvalue weighted by molar-refractivity contribution is -0.302. The molecular weight excluding hydrogens is 719 g/mol. The molecule has 9 nitrogen and oxygen atoms in total. The van der Waals surface area contributed by atoms with Crippen molar-refractivity contribution in [2.24, 2.45) is 5.92 Å². The van der Waals surface area contributed by atoms with Crippen LogP contribution in [-0.2, 0) is 14.3 Å². The van der Waals surface area contributed by atoms with Crippen molar-refractivity contribution in [2.45, 2.75) is 256 Å². The average molecular weight is 810 g/mol. The first-order valence-corrected chi connectivity index (χ1v) is 24.0. The fraction of sp³-hybridized carbons (Fsp3) is 0.896. The highest BCUT2D eigenvalue weighted by Crippen LogP contribution is 2.23. The third-order valence-electron chi connectivity index (χ3n) is 11.8. The number of unbranched alkanes of at least 4 members (excludes halogenated alkanes) is 24. The van der Waals surface area contributed by atoms with Crippen LogP contribution in [0, 0.1) is 5.92 Å². The SMILES string of the molecule is CCCCCCCC/C=C\CCCCCCCCCCCCCC(=O)N[C@@H](CO[C@@H]1O[C@H](CO)[C@@H](O)[C@H](O)[C@H]1O)[C@H](O)/C=C/CCCCCCCCCC(C)CC. The standard InChI is InChI=1S/C48H91NO8/c1-4-6-7-8-9-10-11-12-13-14-15-16-17-18-19-20-21-25-28-31-34-37-44(52)49-41(39-56-48-47(55)46(54)45(53)43(38-50)57-48)42(51)36-33-30-27-24-22-23-26-29-32-35-40(3)5-2/h12-13,33,36,40-43,45-48,50-51,53-55H,4-11,14-32,34-35,37-39H2,1-3H3,(H,49,52)/b13-12-,36-33+/t40?,41-,42+,43+,45+,46-,47+,48+/m0/s1. The number of aliphatic hydroxyl groups is 5. The largest absolute Gasteiger partial charge is 0.394 e. The van der Waals surface area contributed by atoms with Gasteiger partial charge in [0.2, 0.25) is 5.91 Å². The van der Waals surface area contributed by atoms with E-state index in [0.717, 1.165) is 44.4 Å². The highest BCUT2D eigenvalue weighted by molar-refractivity contribution is 5.76. The predicted octanol–water partition coefficient (Wildman–Crippen LogP) is 10.1. The molecule has 0 aromatic carbocycles. The van der Waals surface area contributed by atoms with Gasteiger partial charge in [-0.3, -0.25) is 4.79 Å². The molecule has 6 N–H and O–H groups in total. The smallest absolute Gasteiger partial charge is 0.220 e. The van der Waals surface area contributed by atoms with Crippen LogP contribution in [0.1, 0.15) is 213 Å². The quantitative estimate of drug-likeness (QED) is 0.0266. The zero-order valence-electron chi connectivity index (χ0n) is 37.0. The van der Waals surface area contributed by atoms with Gasteiger partial charge in [-0.15, -0.1) is 0 Å². The normalized spacial score (nSPS) is 21.7. The number of ether oxygens (including phenoxy) is 2. The molecule has 1 unspecified atom stereocenters. The van der Waals surface area contributed by atoms with Gasteiger partial charge in [-0.05, 0) is 50.9 Å². The molecule has 1 aliphatic heterocycles. The maximum Gasteiger partial charge on any atom is 0.220 e. The Morgan fingerprint density at radius 2 is 1.12 bits per heavy atom. The summed E-state index contributed by atoms with van der Waals surface area (Å²) in [6.45, 7) is 6.11. The van der Waals surface area contributed by atoms with Crippen LogP contribution in [0.25, 0.3) is 0 Å². The van der Waals surface area contributed by atoms with Crippen LogP contribution in [0.2, 0.25) is 0 Å². The second kappa shape index (κ2) is 37.7. The lowest BCUT2D eigenvalue weighted by atomic mass is 9.99. The van der Waals surface area contributed by atoms with E-state index in [9.17, 15) is 30.3 Å². The van der Waals surface area contributed by atoms with E-state index in [1.165, 1.54) is 148 Å². The van der Waals surface area contributed by atoms with E-state index in [1.54, 1.807) is 6.08 Å². The van der Waals surface area contributed by atoms with Crippen LogP contribution in [0.5, 0.6) is 0 Å². The van der Waals surface area contributed by atoms with Crippen LogP contribution >= 0.6 is 0 Å². The van der Waals surface area contributed by atoms with Crippen molar-refractivity contribution in [3.05, 3.63) is 24.3 Å². The maximum absolute atomic E-state index is 13.0. The van der Waals surface area contributed by atoms with Gasteiger partial charge in [0.1, 0.15) is 24.4 Å². The van der Waals surface area contributed by atoms with Crippen LogP contribution in [0.3, 0.4) is 0 Å². The number of hydrogen-bond donors (Lipinski definition) is 6. The summed E-state index contributed by atoms with van der Waals surface area (Å²) in [6, 6.07) is -0.803. The number of carbonyl (C=O) groups excluding carboxylic acids is 1. The fourth-order valence-electron chi connectivity index (χ4n) is 7.54. The zero-order chi connectivity index (χ0) is 41.8. The Morgan fingerprint density at radius 1 is 0.649 bits per heavy atom. The van der Waals surface area contributed by atoms with Crippen molar-refractivity contribution in [3.63, 3.8) is 0 Å². The molecular formula is C48H91NO8. The number of nitrogens with one attached hydrogen (secondary N) is 1. The van der Waals surface area contributed by atoms with Gasteiger partial charge < -0.3 is 40.3 Å². The van der Waals surface area contributed by atoms with Gasteiger partial charge in [0.15, 0.2) is 6.29 Å². The molecule has 0 aliphatic carbocycles. The third-order valence-corrected chi connectivity index (χ3v) is 11.8. The molecule has 1 amide bonds. The molecule has 9 heteroatoms. The van der Waals surface area contributed by atoms with Gasteiger partial charge in [0, 0.05) is 6.42 Å². The first-order chi connectivity index (χ1) is 27.7. The summed E-state index contributed by atoms with van der Waals surface area (Å²) in [5.74, 6) is 0.651. The molecule has 1 fully saturated rings. The van der Waals surface area contributed by atoms with E-state index in [4.69, 9.17) is 9.47 Å². The number of amides is 1. The summed E-state index contributed by atoms with van der Waals surface area (Å²) in [7, 11) is 0. The van der Waals surface area contributed by atoms with E-state index < -0.39 is 49.5 Å². The van der Waals surface area contributed by atoms with E-state index in [-0.39, 0.29) is 12.5 Å². The summed E-state index contributed by atoms with van der Waals surface area (Å²) in [6.07, 6.45) is 36.5. The maximum atomic E-state index is 13.0. The number of allylic oxidation sites excluding steroid dienone is 3. The molecule has 0 saturated carbocycles. The fourth-order valence-corrected chi connectivity index (χ4v) is 7.54. The van der Waals surface area contributed by atoms with Gasteiger partial charge in [-0.25, -0.2) is 0 Å². The van der Waals surface area contributed by atoms with E-state index in [1.807, 2.05) is 6.08 Å². The second-order valence-electron chi connectivity index (χ2n) is 17.1. The number of hydrogen-bond acceptors (Lipinski definition) is 8. The van der Waals surface area contributed by atoms with Crippen molar-refractivity contribution in [3.8, 4) is 0 Å². The minimum atomic E-state index is -1.56. The van der Waals surface area contributed by atoms with Crippen LogP contribution in [0.4, 0.5) is 0 Å². The minimum Gasteiger partial charge on any atom is -0.394 e. The summed E-state index contributed by atoms with van der Waals surface area (Å²) in [5.41, 5.74) is 0. The molecule has 0 bridgehead atoms. The average Bonchev–Trinajstić information content (AvgIpc) is 3.21. The van der Waals surface area contributed by atoms with Crippen LogP contribution in [0.15, 0.2) is 24.3 Å². The molecule has 1 heterocycles. The van der Waals surface area contributed by atoms with Gasteiger partial charge >= 0.3 is 0 Å². The van der Waals surface area contributed by atoms with Gasteiger partial charge in [0.05, 0.1) is 25.4 Å². The zero-order valence-corrected chi connectivity index (χ0v) is 37.0. The van der Waals surface area contributed by atoms with E-state index in [2.05, 4.69) is 38.2 Å². The molecule has 57 heavy (non-hydrogen) atoms. The first kappa shape index (κ1) is 53.7. The Bertz CT molecular complexity index is 961. The molecule has 1 aliphatic rings.